The number of quaternary nitrogens is 1. The predicted molar refractivity (Wildman–Crippen MR) is 113 cm³/mol. The highest BCUT2D eigenvalue weighted by Crippen LogP contribution is 2.30. The first kappa shape index (κ1) is 18.4. The lowest BCUT2D eigenvalue weighted by molar-refractivity contribution is -0.894. The molecule has 5 nitrogen and oxygen atoms in total. The van der Waals surface area contributed by atoms with Gasteiger partial charge in [-0.05, 0) is 23.8 Å². The smallest absolute Gasteiger partial charge is 0.259 e. The highest BCUT2D eigenvalue weighted by Gasteiger charge is 2.13. The third-order valence-corrected chi connectivity index (χ3v) is 5.60. The number of nitrogens with zero attached hydrogens (tertiary/aromatic N) is 1. The minimum atomic E-state index is -0.0771. The number of nitrogens with one attached hydrogen (secondary N) is 2. The minimum Gasteiger partial charge on any atom is -0.488 e. The maximum Gasteiger partial charge on any atom is 0.259 e. The second-order valence-electron chi connectivity index (χ2n) is 6.75. The van der Waals surface area contributed by atoms with E-state index >= 15 is 0 Å². The van der Waals surface area contributed by atoms with Crippen LogP contribution in [-0.4, -0.2) is 30.2 Å². The van der Waals surface area contributed by atoms with Crippen molar-refractivity contribution in [2.45, 2.75) is 6.54 Å². The molecule has 0 saturated heterocycles. The van der Waals surface area contributed by atoms with E-state index in [2.05, 4.69) is 17.0 Å². The number of aromatic amines is 1. The van der Waals surface area contributed by atoms with Crippen LogP contribution in [0.2, 0.25) is 0 Å². The number of hydrogen-bond acceptors (Lipinski definition) is 4. The van der Waals surface area contributed by atoms with Crippen molar-refractivity contribution in [1.82, 2.24) is 9.97 Å². The molecule has 2 aromatic carbocycles. The zero-order chi connectivity index (χ0) is 19.3. The zero-order valence-electron chi connectivity index (χ0n) is 15.6. The Labute approximate surface area is 167 Å². The third kappa shape index (κ3) is 4.30. The Morgan fingerprint density at radius 1 is 1.07 bits per heavy atom. The number of rotatable bonds is 7. The zero-order valence-corrected chi connectivity index (χ0v) is 16.5. The summed E-state index contributed by atoms with van der Waals surface area (Å²) in [5, 5.41) is 0.651. The molecular formula is C22H22N3O2S+. The number of aromatic nitrogens is 2. The van der Waals surface area contributed by atoms with Gasteiger partial charge in [0.2, 0.25) is 0 Å². The van der Waals surface area contributed by atoms with Gasteiger partial charge in [-0.1, -0.05) is 48.5 Å². The van der Waals surface area contributed by atoms with E-state index in [9.17, 15) is 4.79 Å². The summed E-state index contributed by atoms with van der Waals surface area (Å²) < 4.78 is 5.75. The molecule has 1 atom stereocenters. The number of thiophene rings is 1. The SMILES string of the molecule is C[NH+](CCOc1ccccc1)Cc1nc2sc(-c3ccccc3)cc2c(=O)[nH]1. The number of ether oxygens (including phenoxy) is 1. The molecule has 6 heteroatoms. The summed E-state index contributed by atoms with van der Waals surface area (Å²) in [4.78, 5) is 23.2. The van der Waals surface area contributed by atoms with Gasteiger partial charge in [0, 0.05) is 4.88 Å². The van der Waals surface area contributed by atoms with Crippen molar-refractivity contribution in [2.75, 3.05) is 20.2 Å². The van der Waals surface area contributed by atoms with Crippen LogP contribution in [0.15, 0.2) is 71.5 Å². The molecule has 1 unspecified atom stereocenters. The molecule has 0 bridgehead atoms. The van der Waals surface area contributed by atoms with E-state index in [0.29, 0.717) is 24.4 Å². The molecule has 0 radical (unpaired) electrons. The molecule has 2 heterocycles. The van der Waals surface area contributed by atoms with Crippen LogP contribution in [0.3, 0.4) is 0 Å². The summed E-state index contributed by atoms with van der Waals surface area (Å²) in [7, 11) is 2.07. The Morgan fingerprint density at radius 2 is 1.79 bits per heavy atom. The molecule has 0 aliphatic rings. The maximum atomic E-state index is 12.5. The Bertz CT molecular complexity index is 1110. The molecule has 0 amide bonds. The van der Waals surface area contributed by atoms with Gasteiger partial charge in [0.05, 0.1) is 12.4 Å². The largest absolute Gasteiger partial charge is 0.488 e. The van der Waals surface area contributed by atoms with Crippen molar-refractivity contribution >= 4 is 21.6 Å². The number of H-pyrrole nitrogens is 1. The number of benzene rings is 2. The first-order valence-corrected chi connectivity index (χ1v) is 10.1. The van der Waals surface area contributed by atoms with E-state index < -0.39 is 0 Å². The Morgan fingerprint density at radius 3 is 2.54 bits per heavy atom. The Hall–Kier alpha value is -2.96. The van der Waals surface area contributed by atoms with Crippen LogP contribution >= 0.6 is 11.3 Å². The van der Waals surface area contributed by atoms with Gasteiger partial charge in [-0.2, -0.15) is 0 Å². The van der Waals surface area contributed by atoms with Crippen molar-refractivity contribution in [2.24, 2.45) is 0 Å². The summed E-state index contributed by atoms with van der Waals surface area (Å²) in [6.07, 6.45) is 0. The van der Waals surface area contributed by atoms with E-state index in [1.165, 1.54) is 4.90 Å². The third-order valence-electron chi connectivity index (χ3n) is 4.52. The molecule has 0 aliphatic carbocycles. The van der Waals surface area contributed by atoms with Crippen molar-refractivity contribution in [1.29, 1.82) is 0 Å². The van der Waals surface area contributed by atoms with E-state index in [4.69, 9.17) is 4.74 Å². The van der Waals surface area contributed by atoms with Crippen LogP contribution in [0.1, 0.15) is 5.82 Å². The van der Waals surface area contributed by atoms with Crippen molar-refractivity contribution in [3.05, 3.63) is 82.9 Å². The molecular weight excluding hydrogens is 370 g/mol. The molecule has 2 aromatic heterocycles. The molecule has 4 rings (SSSR count). The monoisotopic (exact) mass is 392 g/mol. The van der Waals surface area contributed by atoms with Crippen molar-refractivity contribution < 1.29 is 9.64 Å². The number of likely N-dealkylation sites (N-methyl/N-ethyl adjacent to an activating group) is 1. The van der Waals surface area contributed by atoms with Crippen LogP contribution < -0.4 is 15.2 Å². The van der Waals surface area contributed by atoms with Crippen molar-refractivity contribution in [3.8, 4) is 16.2 Å². The summed E-state index contributed by atoms with van der Waals surface area (Å²) in [6, 6.07) is 21.8. The average Bonchev–Trinajstić information content (AvgIpc) is 3.14. The fraction of sp³-hybridized carbons (Fsp3) is 0.182. The number of para-hydroxylation sites is 1. The normalized spacial score (nSPS) is 12.2. The molecule has 0 fully saturated rings. The van der Waals surface area contributed by atoms with Gasteiger partial charge in [-0.3, -0.25) is 4.79 Å². The Kier molecular flexibility index (Phi) is 5.50. The van der Waals surface area contributed by atoms with Gasteiger partial charge in [0.1, 0.15) is 30.3 Å². The van der Waals surface area contributed by atoms with Gasteiger partial charge in [-0.25, -0.2) is 4.98 Å². The fourth-order valence-electron chi connectivity index (χ4n) is 3.04. The molecule has 0 saturated carbocycles. The van der Waals surface area contributed by atoms with Crippen LogP contribution in [0.4, 0.5) is 0 Å². The second-order valence-corrected chi connectivity index (χ2v) is 7.78. The quantitative estimate of drug-likeness (QED) is 0.508. The lowest BCUT2D eigenvalue weighted by atomic mass is 10.2. The van der Waals surface area contributed by atoms with Gasteiger partial charge in [-0.15, -0.1) is 11.3 Å². The van der Waals surface area contributed by atoms with E-state index in [0.717, 1.165) is 27.6 Å². The van der Waals surface area contributed by atoms with Crippen LogP contribution in [0.5, 0.6) is 5.75 Å². The summed E-state index contributed by atoms with van der Waals surface area (Å²) >= 11 is 1.56. The summed E-state index contributed by atoms with van der Waals surface area (Å²) in [5.74, 6) is 1.58. The standard InChI is InChI=1S/C22H21N3O2S/c1-25(12-13-27-17-10-6-3-7-11-17)15-20-23-21(26)18-14-19(28-22(18)24-20)16-8-4-2-5-9-16/h2-11,14H,12-13,15H2,1H3,(H,23,24,26)/p+1. The maximum absolute atomic E-state index is 12.5. The Balaban J connectivity index is 1.44. The molecule has 0 aliphatic heterocycles. The van der Waals surface area contributed by atoms with Crippen LogP contribution in [0.25, 0.3) is 20.7 Å². The highest BCUT2D eigenvalue weighted by molar-refractivity contribution is 7.21. The van der Waals surface area contributed by atoms with E-state index in [1.54, 1.807) is 11.3 Å². The second kappa shape index (κ2) is 8.37. The number of fused-ring (bicyclic) bond motifs is 1. The van der Waals surface area contributed by atoms with Crippen LogP contribution in [0, 0.1) is 0 Å². The van der Waals surface area contributed by atoms with Crippen LogP contribution in [-0.2, 0) is 6.54 Å². The van der Waals surface area contributed by atoms with Crippen molar-refractivity contribution in [3.63, 3.8) is 0 Å². The van der Waals surface area contributed by atoms with Gasteiger partial charge >= 0.3 is 0 Å². The molecule has 142 valence electrons. The van der Waals surface area contributed by atoms with Gasteiger partial charge < -0.3 is 14.6 Å². The summed E-state index contributed by atoms with van der Waals surface area (Å²) in [5.41, 5.74) is 1.03. The predicted octanol–water partition coefficient (Wildman–Crippen LogP) is 2.75. The molecule has 2 N–H and O–H groups in total. The van der Waals surface area contributed by atoms with Gasteiger partial charge in [0.15, 0.2) is 5.82 Å². The first-order chi connectivity index (χ1) is 13.7. The summed E-state index contributed by atoms with van der Waals surface area (Å²) in [6.45, 7) is 2.07. The van der Waals surface area contributed by atoms with E-state index in [-0.39, 0.29) is 5.56 Å². The lowest BCUT2D eigenvalue weighted by Gasteiger charge is -2.14. The average molecular weight is 393 g/mol. The first-order valence-electron chi connectivity index (χ1n) is 9.26. The van der Waals surface area contributed by atoms with E-state index in [1.807, 2.05) is 66.7 Å². The topological polar surface area (TPSA) is 59.4 Å². The minimum absolute atomic E-state index is 0.0771. The highest BCUT2D eigenvalue weighted by atomic mass is 32.1. The number of hydrogen-bond donors (Lipinski definition) is 2. The lowest BCUT2D eigenvalue weighted by Crippen LogP contribution is -3.08. The molecule has 28 heavy (non-hydrogen) atoms. The molecule has 0 spiro atoms. The fourth-order valence-corrected chi connectivity index (χ4v) is 4.09. The molecule has 4 aromatic rings. The van der Waals surface area contributed by atoms with Gasteiger partial charge in [0.25, 0.3) is 5.56 Å².